The third-order valence-electron chi connectivity index (χ3n) is 6.19. The molecular formula is C27H34ClN7S. The molecule has 9 heteroatoms. The van der Waals surface area contributed by atoms with Crippen molar-refractivity contribution in [3.05, 3.63) is 58.0 Å². The molecule has 190 valence electrons. The quantitative estimate of drug-likeness (QED) is 0.374. The summed E-state index contributed by atoms with van der Waals surface area (Å²) < 4.78 is 0. The van der Waals surface area contributed by atoms with Crippen LogP contribution in [0.5, 0.6) is 0 Å². The highest BCUT2D eigenvalue weighted by atomic mass is 35.5. The van der Waals surface area contributed by atoms with E-state index in [1.807, 2.05) is 19.2 Å². The lowest BCUT2D eigenvalue weighted by atomic mass is 10.00. The van der Waals surface area contributed by atoms with E-state index in [9.17, 15) is 0 Å². The molecule has 0 bridgehead atoms. The van der Waals surface area contributed by atoms with E-state index in [0.717, 1.165) is 87.5 Å². The first kappa shape index (κ1) is 26.4. The van der Waals surface area contributed by atoms with Crippen LogP contribution in [0.15, 0.2) is 30.5 Å². The van der Waals surface area contributed by atoms with Crippen molar-refractivity contribution in [1.82, 2.24) is 24.8 Å². The number of thiocarbonyl (C=S) groups is 1. The maximum Gasteiger partial charge on any atom is 0.227 e. The number of rotatable bonds is 9. The van der Waals surface area contributed by atoms with Crippen LogP contribution in [0.1, 0.15) is 28.9 Å². The monoisotopic (exact) mass is 523 g/mol. The van der Waals surface area contributed by atoms with Gasteiger partial charge in [-0.05, 0) is 84.3 Å². The third kappa shape index (κ3) is 6.56. The molecule has 36 heavy (non-hydrogen) atoms. The van der Waals surface area contributed by atoms with E-state index in [0.29, 0.717) is 12.4 Å². The van der Waals surface area contributed by atoms with Gasteiger partial charge in [0.1, 0.15) is 0 Å². The average Bonchev–Trinajstić information content (AvgIpc) is 2.94. The van der Waals surface area contributed by atoms with E-state index >= 15 is 0 Å². The molecule has 1 aromatic carbocycles. The van der Waals surface area contributed by atoms with Gasteiger partial charge >= 0.3 is 0 Å². The number of benzene rings is 1. The van der Waals surface area contributed by atoms with Gasteiger partial charge in [0, 0.05) is 53.1 Å². The Bertz CT molecular complexity index is 1260. The van der Waals surface area contributed by atoms with Crippen LogP contribution in [-0.4, -0.2) is 71.0 Å². The van der Waals surface area contributed by atoms with Gasteiger partial charge in [-0.3, -0.25) is 4.98 Å². The van der Waals surface area contributed by atoms with Crippen LogP contribution < -0.4 is 10.6 Å². The largest absolute Gasteiger partial charge is 0.349 e. The molecule has 0 saturated carbocycles. The van der Waals surface area contributed by atoms with Crippen LogP contribution in [0.3, 0.4) is 0 Å². The molecule has 2 aromatic heterocycles. The van der Waals surface area contributed by atoms with E-state index in [4.69, 9.17) is 33.8 Å². The molecule has 0 unspecified atom stereocenters. The standard InChI is InChI=1S/C27H34ClN7S/c1-17-23(9-8-20(30-17)10-12-35(4)5)32-27-29-16-19-14-25(36)31-24-15-22(28)18(7-6-11-34(2)3)13-21(24)26(19)33-27/h8-9,13,15-16H,6-7,10-12,14H2,1-5H3,(H,31,36)(H,29,32,33). The molecular weight excluding hydrogens is 490 g/mol. The molecule has 3 aromatic rings. The SMILES string of the molecule is Cc1nc(CCN(C)C)ccc1Nc1ncc2c(n1)-c1cc(CCCN(C)C)c(Cl)cc1NC(=S)C2. The van der Waals surface area contributed by atoms with Crippen molar-refractivity contribution in [1.29, 1.82) is 0 Å². The molecule has 0 radical (unpaired) electrons. The zero-order valence-electron chi connectivity index (χ0n) is 21.7. The molecule has 0 amide bonds. The fraction of sp³-hybridized carbons (Fsp3) is 0.407. The summed E-state index contributed by atoms with van der Waals surface area (Å²) in [5.41, 5.74) is 7.73. The number of aromatic nitrogens is 3. The second-order valence-corrected chi connectivity index (χ2v) is 10.7. The van der Waals surface area contributed by atoms with Crippen molar-refractivity contribution in [3.63, 3.8) is 0 Å². The van der Waals surface area contributed by atoms with Crippen molar-refractivity contribution in [2.45, 2.75) is 32.6 Å². The normalized spacial score (nSPS) is 12.8. The lowest BCUT2D eigenvalue weighted by Gasteiger charge is -2.15. The minimum Gasteiger partial charge on any atom is -0.349 e. The highest BCUT2D eigenvalue weighted by Crippen LogP contribution is 2.37. The van der Waals surface area contributed by atoms with Crippen LogP contribution in [-0.2, 0) is 19.3 Å². The first-order chi connectivity index (χ1) is 17.2. The fourth-order valence-corrected chi connectivity index (χ4v) is 4.76. The van der Waals surface area contributed by atoms with Gasteiger partial charge in [0.05, 0.1) is 22.1 Å². The third-order valence-corrected chi connectivity index (χ3v) is 6.79. The molecule has 1 aliphatic heterocycles. The maximum atomic E-state index is 6.66. The molecule has 0 fully saturated rings. The Kier molecular flexibility index (Phi) is 8.51. The summed E-state index contributed by atoms with van der Waals surface area (Å²) in [5.74, 6) is 0.530. The molecule has 0 atom stereocenters. The van der Waals surface area contributed by atoms with E-state index < -0.39 is 0 Å². The summed E-state index contributed by atoms with van der Waals surface area (Å²) in [7, 11) is 8.30. The molecule has 7 nitrogen and oxygen atoms in total. The summed E-state index contributed by atoms with van der Waals surface area (Å²) in [6.45, 7) is 3.97. The second-order valence-electron chi connectivity index (χ2n) is 9.80. The van der Waals surface area contributed by atoms with Crippen LogP contribution >= 0.6 is 23.8 Å². The Hall–Kier alpha value is -2.65. The summed E-state index contributed by atoms with van der Waals surface area (Å²) >= 11 is 12.2. The van der Waals surface area contributed by atoms with Gasteiger partial charge in [0.25, 0.3) is 0 Å². The first-order valence-corrected chi connectivity index (χ1v) is 13.0. The Labute approximate surface area is 224 Å². The zero-order chi connectivity index (χ0) is 25.8. The van der Waals surface area contributed by atoms with Crippen molar-refractivity contribution >= 4 is 46.1 Å². The summed E-state index contributed by atoms with van der Waals surface area (Å²) in [6, 6.07) is 8.23. The number of anilines is 3. The van der Waals surface area contributed by atoms with Crippen molar-refractivity contribution in [2.75, 3.05) is 51.9 Å². The van der Waals surface area contributed by atoms with E-state index in [-0.39, 0.29) is 0 Å². The van der Waals surface area contributed by atoms with Crippen molar-refractivity contribution in [2.24, 2.45) is 0 Å². The van der Waals surface area contributed by atoms with Crippen molar-refractivity contribution < 1.29 is 0 Å². The van der Waals surface area contributed by atoms with E-state index in [1.54, 1.807) is 0 Å². The van der Waals surface area contributed by atoms with Gasteiger partial charge in [-0.25, -0.2) is 9.97 Å². The Balaban J connectivity index is 1.64. The van der Waals surface area contributed by atoms with E-state index in [2.05, 4.69) is 71.8 Å². The van der Waals surface area contributed by atoms with E-state index in [1.165, 1.54) is 0 Å². The predicted molar refractivity (Wildman–Crippen MR) is 154 cm³/mol. The molecule has 4 rings (SSSR count). The lowest BCUT2D eigenvalue weighted by molar-refractivity contribution is 0.400. The topological polar surface area (TPSA) is 69.2 Å². The summed E-state index contributed by atoms with van der Waals surface area (Å²) in [4.78, 5) is 19.4. The smallest absolute Gasteiger partial charge is 0.227 e. The Morgan fingerprint density at radius 2 is 1.83 bits per heavy atom. The number of nitrogens with zero attached hydrogens (tertiary/aromatic N) is 5. The molecule has 0 saturated heterocycles. The minimum atomic E-state index is 0.530. The van der Waals surface area contributed by atoms with Crippen LogP contribution in [0.4, 0.5) is 17.3 Å². The molecule has 0 spiro atoms. The zero-order valence-corrected chi connectivity index (χ0v) is 23.2. The number of pyridine rings is 1. The number of likely N-dealkylation sites (N-methyl/N-ethyl adjacent to an activating group) is 1. The van der Waals surface area contributed by atoms with Gasteiger partial charge in [-0.2, -0.15) is 0 Å². The number of halogens is 1. The Morgan fingerprint density at radius 1 is 1.06 bits per heavy atom. The van der Waals surface area contributed by atoms with Gasteiger partial charge in [0.15, 0.2) is 0 Å². The first-order valence-electron chi connectivity index (χ1n) is 12.2. The summed E-state index contributed by atoms with van der Waals surface area (Å²) in [6.07, 6.45) is 5.27. The summed E-state index contributed by atoms with van der Waals surface area (Å²) in [5, 5.41) is 7.47. The predicted octanol–water partition coefficient (Wildman–Crippen LogP) is 5.14. The van der Waals surface area contributed by atoms with Gasteiger partial charge in [0.2, 0.25) is 5.95 Å². The highest BCUT2D eigenvalue weighted by molar-refractivity contribution is 7.80. The number of hydrogen-bond acceptors (Lipinski definition) is 7. The highest BCUT2D eigenvalue weighted by Gasteiger charge is 2.21. The molecule has 1 aliphatic rings. The van der Waals surface area contributed by atoms with Crippen LogP contribution in [0.2, 0.25) is 5.02 Å². The Morgan fingerprint density at radius 3 is 2.56 bits per heavy atom. The van der Waals surface area contributed by atoms with Gasteiger partial charge in [-0.1, -0.05) is 23.8 Å². The molecule has 2 N–H and O–H groups in total. The number of fused-ring (bicyclic) bond motifs is 3. The minimum absolute atomic E-state index is 0.530. The lowest BCUT2D eigenvalue weighted by Crippen LogP contribution is -2.15. The van der Waals surface area contributed by atoms with Gasteiger partial charge in [-0.15, -0.1) is 0 Å². The van der Waals surface area contributed by atoms with Crippen LogP contribution in [0, 0.1) is 6.92 Å². The molecule has 0 aliphatic carbocycles. The number of nitrogens with one attached hydrogen (secondary N) is 2. The maximum absolute atomic E-state index is 6.66. The van der Waals surface area contributed by atoms with Crippen molar-refractivity contribution in [3.8, 4) is 11.3 Å². The van der Waals surface area contributed by atoms with Crippen LogP contribution in [0.25, 0.3) is 11.3 Å². The second kappa shape index (κ2) is 11.6. The fourth-order valence-electron chi connectivity index (χ4n) is 4.23. The number of hydrogen-bond donors (Lipinski definition) is 2. The average molecular weight is 524 g/mol. The molecule has 3 heterocycles. The van der Waals surface area contributed by atoms with Gasteiger partial charge < -0.3 is 20.4 Å². The number of aryl methyl sites for hydroxylation is 2.